The van der Waals surface area contributed by atoms with Crippen molar-refractivity contribution in [2.24, 2.45) is 0 Å². The van der Waals surface area contributed by atoms with E-state index in [0.29, 0.717) is 5.15 Å². The third kappa shape index (κ3) is 1.33. The SMILES string of the molecule is Clc1nc2cc(Br)ccc2n2cncc12. The molecular weight excluding hydrogens is 277 g/mol. The van der Waals surface area contributed by atoms with Crippen LogP contribution < -0.4 is 0 Å². The van der Waals surface area contributed by atoms with Gasteiger partial charge in [0.25, 0.3) is 0 Å². The highest BCUT2D eigenvalue weighted by molar-refractivity contribution is 9.10. The Morgan fingerprint density at radius 3 is 3.00 bits per heavy atom. The first kappa shape index (κ1) is 9.12. The van der Waals surface area contributed by atoms with Crippen molar-refractivity contribution < 1.29 is 0 Å². The minimum absolute atomic E-state index is 0.470. The first-order chi connectivity index (χ1) is 7.25. The topological polar surface area (TPSA) is 30.2 Å². The second-order valence-corrected chi connectivity index (χ2v) is 4.46. The first-order valence-electron chi connectivity index (χ1n) is 4.32. The molecule has 0 atom stereocenters. The number of halogens is 2. The Labute approximate surface area is 98.8 Å². The van der Waals surface area contributed by atoms with E-state index in [9.17, 15) is 0 Å². The summed E-state index contributed by atoms with van der Waals surface area (Å²) in [5.74, 6) is 0. The largest absolute Gasteiger partial charge is 0.294 e. The molecule has 0 radical (unpaired) electrons. The summed E-state index contributed by atoms with van der Waals surface area (Å²) in [6, 6.07) is 5.88. The van der Waals surface area contributed by atoms with Gasteiger partial charge in [0.2, 0.25) is 0 Å². The van der Waals surface area contributed by atoms with Gasteiger partial charge in [-0.3, -0.25) is 4.40 Å². The number of hydrogen-bond acceptors (Lipinski definition) is 2. The van der Waals surface area contributed by atoms with Crippen molar-refractivity contribution in [1.82, 2.24) is 14.4 Å². The van der Waals surface area contributed by atoms with Gasteiger partial charge in [0, 0.05) is 4.47 Å². The van der Waals surface area contributed by atoms with Crippen LogP contribution in [-0.4, -0.2) is 14.4 Å². The molecule has 74 valence electrons. The van der Waals surface area contributed by atoms with Crippen LogP contribution in [0.15, 0.2) is 35.2 Å². The summed E-state index contributed by atoms with van der Waals surface area (Å²) in [5.41, 5.74) is 2.67. The van der Waals surface area contributed by atoms with E-state index in [1.54, 1.807) is 12.5 Å². The zero-order valence-corrected chi connectivity index (χ0v) is 9.83. The monoisotopic (exact) mass is 281 g/mol. The van der Waals surface area contributed by atoms with Crippen molar-refractivity contribution in [2.75, 3.05) is 0 Å². The molecular formula is C10H5BrClN3. The van der Waals surface area contributed by atoms with Crippen molar-refractivity contribution in [2.45, 2.75) is 0 Å². The highest BCUT2D eigenvalue weighted by Crippen LogP contribution is 2.23. The van der Waals surface area contributed by atoms with E-state index < -0.39 is 0 Å². The smallest absolute Gasteiger partial charge is 0.155 e. The molecule has 0 aliphatic carbocycles. The van der Waals surface area contributed by atoms with Gasteiger partial charge in [-0.15, -0.1) is 0 Å². The molecule has 3 aromatic rings. The summed E-state index contributed by atoms with van der Waals surface area (Å²) in [6.45, 7) is 0. The molecule has 0 fully saturated rings. The molecule has 3 rings (SSSR count). The highest BCUT2D eigenvalue weighted by Gasteiger charge is 2.06. The van der Waals surface area contributed by atoms with Gasteiger partial charge in [0.1, 0.15) is 5.52 Å². The summed E-state index contributed by atoms with van der Waals surface area (Å²) in [6.07, 6.45) is 3.44. The Morgan fingerprint density at radius 1 is 1.27 bits per heavy atom. The van der Waals surface area contributed by atoms with Crippen LogP contribution in [0, 0.1) is 0 Å². The predicted molar refractivity (Wildman–Crippen MR) is 63.2 cm³/mol. The lowest BCUT2D eigenvalue weighted by Gasteiger charge is -2.03. The van der Waals surface area contributed by atoms with Crippen LogP contribution in [0.3, 0.4) is 0 Å². The Kier molecular flexibility index (Phi) is 1.94. The number of aromatic nitrogens is 3. The lowest BCUT2D eigenvalue weighted by atomic mass is 10.3. The minimum atomic E-state index is 0.470. The molecule has 0 bridgehead atoms. The van der Waals surface area contributed by atoms with Crippen LogP contribution in [-0.2, 0) is 0 Å². The van der Waals surface area contributed by atoms with E-state index in [4.69, 9.17) is 11.6 Å². The van der Waals surface area contributed by atoms with E-state index in [0.717, 1.165) is 21.0 Å². The zero-order chi connectivity index (χ0) is 10.4. The Balaban J connectivity index is 2.60. The molecule has 15 heavy (non-hydrogen) atoms. The molecule has 0 unspecified atom stereocenters. The average Bonchev–Trinajstić information content (AvgIpc) is 2.66. The number of fused-ring (bicyclic) bond motifs is 3. The summed E-state index contributed by atoms with van der Waals surface area (Å²) in [7, 11) is 0. The maximum atomic E-state index is 6.04. The first-order valence-corrected chi connectivity index (χ1v) is 5.49. The van der Waals surface area contributed by atoms with Crippen molar-refractivity contribution in [1.29, 1.82) is 0 Å². The number of hydrogen-bond donors (Lipinski definition) is 0. The van der Waals surface area contributed by atoms with Gasteiger partial charge < -0.3 is 0 Å². The van der Waals surface area contributed by atoms with Crippen LogP contribution in [0.4, 0.5) is 0 Å². The number of rotatable bonds is 0. The Bertz CT molecular complexity index is 662. The molecule has 0 N–H and O–H groups in total. The summed E-state index contributed by atoms with van der Waals surface area (Å²) in [5, 5.41) is 0.470. The third-order valence-electron chi connectivity index (χ3n) is 2.27. The van der Waals surface area contributed by atoms with E-state index in [1.165, 1.54) is 0 Å². The second kappa shape index (κ2) is 3.18. The van der Waals surface area contributed by atoms with Gasteiger partial charge in [-0.1, -0.05) is 27.5 Å². The standard InChI is InChI=1S/C10H5BrClN3/c11-6-1-2-8-7(3-6)14-10(12)9-4-13-5-15(8)9/h1-5H. The molecule has 0 amide bonds. The summed E-state index contributed by atoms with van der Waals surface area (Å²) < 4.78 is 2.91. The van der Waals surface area contributed by atoms with Crippen LogP contribution in [0.5, 0.6) is 0 Å². The third-order valence-corrected chi connectivity index (χ3v) is 3.04. The normalized spacial score (nSPS) is 11.3. The van der Waals surface area contributed by atoms with E-state index in [1.807, 2.05) is 22.6 Å². The van der Waals surface area contributed by atoms with Gasteiger partial charge in [0.15, 0.2) is 5.15 Å². The Hall–Kier alpha value is -1.13. The van der Waals surface area contributed by atoms with Crippen molar-refractivity contribution >= 4 is 44.1 Å². The highest BCUT2D eigenvalue weighted by atomic mass is 79.9. The van der Waals surface area contributed by atoms with Gasteiger partial charge in [-0.25, -0.2) is 9.97 Å². The molecule has 2 aromatic heterocycles. The maximum Gasteiger partial charge on any atom is 0.155 e. The van der Waals surface area contributed by atoms with Crippen molar-refractivity contribution in [3.63, 3.8) is 0 Å². The van der Waals surface area contributed by atoms with Crippen LogP contribution in [0.2, 0.25) is 5.15 Å². The fourth-order valence-corrected chi connectivity index (χ4v) is 2.17. The fraction of sp³-hybridized carbons (Fsp3) is 0. The molecule has 0 aliphatic rings. The minimum Gasteiger partial charge on any atom is -0.294 e. The number of imidazole rings is 1. The van der Waals surface area contributed by atoms with Crippen molar-refractivity contribution in [3.05, 3.63) is 40.3 Å². The number of benzene rings is 1. The van der Waals surface area contributed by atoms with E-state index in [2.05, 4.69) is 25.9 Å². The molecule has 2 heterocycles. The average molecular weight is 283 g/mol. The summed E-state index contributed by atoms with van der Waals surface area (Å²) in [4.78, 5) is 8.37. The summed E-state index contributed by atoms with van der Waals surface area (Å²) >= 11 is 9.45. The zero-order valence-electron chi connectivity index (χ0n) is 7.48. The molecule has 0 saturated heterocycles. The van der Waals surface area contributed by atoms with Gasteiger partial charge in [0.05, 0.1) is 23.6 Å². The lowest BCUT2D eigenvalue weighted by Crippen LogP contribution is -1.90. The van der Waals surface area contributed by atoms with E-state index in [-0.39, 0.29) is 0 Å². The van der Waals surface area contributed by atoms with Crippen LogP contribution >= 0.6 is 27.5 Å². The fourth-order valence-electron chi connectivity index (χ4n) is 1.59. The molecule has 0 aliphatic heterocycles. The second-order valence-electron chi connectivity index (χ2n) is 3.18. The molecule has 0 saturated carbocycles. The van der Waals surface area contributed by atoms with Gasteiger partial charge >= 0.3 is 0 Å². The van der Waals surface area contributed by atoms with Gasteiger partial charge in [-0.2, -0.15) is 0 Å². The molecule has 1 aromatic carbocycles. The van der Waals surface area contributed by atoms with Crippen LogP contribution in [0.25, 0.3) is 16.6 Å². The molecule has 5 heteroatoms. The van der Waals surface area contributed by atoms with Gasteiger partial charge in [-0.05, 0) is 18.2 Å². The predicted octanol–water partition coefficient (Wildman–Crippen LogP) is 3.30. The van der Waals surface area contributed by atoms with Crippen LogP contribution in [0.1, 0.15) is 0 Å². The molecule has 0 spiro atoms. The Morgan fingerprint density at radius 2 is 2.13 bits per heavy atom. The quantitative estimate of drug-likeness (QED) is 0.633. The van der Waals surface area contributed by atoms with Crippen molar-refractivity contribution in [3.8, 4) is 0 Å². The number of nitrogens with zero attached hydrogens (tertiary/aromatic N) is 3. The molecule has 3 nitrogen and oxygen atoms in total. The van der Waals surface area contributed by atoms with E-state index >= 15 is 0 Å². The maximum absolute atomic E-state index is 6.04. The lowest BCUT2D eigenvalue weighted by molar-refractivity contribution is 1.19.